The van der Waals surface area contributed by atoms with E-state index in [9.17, 15) is 21.6 Å². The number of nitrogens with zero attached hydrogens (tertiary/aromatic N) is 2. The third-order valence-corrected chi connectivity index (χ3v) is 5.83. The van der Waals surface area contributed by atoms with Crippen molar-refractivity contribution in [3.8, 4) is 0 Å². The van der Waals surface area contributed by atoms with E-state index >= 15 is 0 Å². The van der Waals surface area contributed by atoms with Crippen LogP contribution < -0.4 is 4.90 Å². The number of hydrogen-bond acceptors (Lipinski definition) is 4. The average molecular weight is 371 g/mol. The fourth-order valence-corrected chi connectivity index (χ4v) is 4.00. The number of anilines is 1. The maximum absolute atomic E-state index is 12.7. The van der Waals surface area contributed by atoms with Crippen LogP contribution in [0.15, 0.2) is 23.1 Å². The molecule has 0 radical (unpaired) electrons. The zero-order valence-corrected chi connectivity index (χ0v) is 14.2. The Bertz CT molecular complexity index is 656. The molecule has 9 heteroatoms. The van der Waals surface area contributed by atoms with E-state index < -0.39 is 20.2 Å². The number of hydrogen-bond donors (Lipinski definition) is 0. The van der Waals surface area contributed by atoms with Gasteiger partial charge in [0.2, 0.25) is 0 Å². The Kier molecular flexibility index (Phi) is 5.48. The van der Waals surface area contributed by atoms with Crippen LogP contribution >= 0.6 is 11.6 Å². The van der Waals surface area contributed by atoms with Gasteiger partial charge in [0.1, 0.15) is 0 Å². The van der Waals surface area contributed by atoms with Gasteiger partial charge >= 0.3 is 5.51 Å². The van der Waals surface area contributed by atoms with Gasteiger partial charge in [-0.15, -0.1) is 0 Å². The standard InChI is InChI=1S/C14H18ClF3N2O2S/c1-2-6-19-7-9-20(10-8-19)11-4-3-5-12(13(11)15)23(21,22)14(16,17)18/h3-5H,2,6-10H2,1H3. The summed E-state index contributed by atoms with van der Waals surface area (Å²) in [5.41, 5.74) is -5.04. The molecule has 1 heterocycles. The van der Waals surface area contributed by atoms with Crippen LogP contribution in [0.2, 0.25) is 5.02 Å². The van der Waals surface area contributed by atoms with Gasteiger partial charge in [0.15, 0.2) is 0 Å². The number of alkyl halides is 3. The SMILES string of the molecule is CCCN1CCN(c2cccc(S(=O)(=O)C(F)(F)F)c2Cl)CC1. The number of benzene rings is 1. The molecule has 23 heavy (non-hydrogen) atoms. The molecule has 1 fully saturated rings. The summed E-state index contributed by atoms with van der Waals surface area (Å²) in [7, 11) is -5.46. The average Bonchev–Trinajstić information content (AvgIpc) is 2.47. The fraction of sp³-hybridized carbons (Fsp3) is 0.571. The molecule has 1 aliphatic rings. The molecule has 0 bridgehead atoms. The van der Waals surface area contributed by atoms with E-state index in [4.69, 9.17) is 11.6 Å². The van der Waals surface area contributed by atoms with Crippen LogP contribution in [0.3, 0.4) is 0 Å². The quantitative estimate of drug-likeness (QED) is 0.816. The topological polar surface area (TPSA) is 40.6 Å². The van der Waals surface area contributed by atoms with Crippen molar-refractivity contribution in [3.05, 3.63) is 23.2 Å². The summed E-state index contributed by atoms with van der Waals surface area (Å²) >= 11 is 6.00. The van der Waals surface area contributed by atoms with Crippen molar-refractivity contribution < 1.29 is 21.6 Å². The Morgan fingerprint density at radius 3 is 2.30 bits per heavy atom. The fourth-order valence-electron chi connectivity index (χ4n) is 2.60. The van der Waals surface area contributed by atoms with Gasteiger partial charge in [0.25, 0.3) is 9.84 Å². The highest BCUT2D eigenvalue weighted by Gasteiger charge is 2.48. The Morgan fingerprint density at radius 2 is 1.78 bits per heavy atom. The third kappa shape index (κ3) is 3.75. The van der Waals surface area contributed by atoms with Crippen LogP contribution in [0.5, 0.6) is 0 Å². The second-order valence-corrected chi connectivity index (χ2v) is 7.65. The zero-order valence-electron chi connectivity index (χ0n) is 12.6. The molecule has 1 aromatic carbocycles. The molecule has 0 aliphatic carbocycles. The first kappa shape index (κ1) is 18.4. The first-order valence-corrected chi connectivity index (χ1v) is 9.11. The van der Waals surface area contributed by atoms with Crippen LogP contribution in [0.4, 0.5) is 18.9 Å². The molecule has 0 atom stereocenters. The smallest absolute Gasteiger partial charge is 0.368 e. The van der Waals surface area contributed by atoms with E-state index in [-0.39, 0.29) is 5.02 Å². The van der Waals surface area contributed by atoms with Gasteiger partial charge in [-0.25, -0.2) is 8.42 Å². The maximum Gasteiger partial charge on any atom is 0.501 e. The summed E-state index contributed by atoms with van der Waals surface area (Å²) in [4.78, 5) is 3.19. The number of sulfone groups is 1. The highest BCUT2D eigenvalue weighted by molar-refractivity contribution is 7.92. The monoisotopic (exact) mass is 370 g/mol. The molecule has 0 spiro atoms. The van der Waals surface area contributed by atoms with Gasteiger partial charge in [-0.05, 0) is 25.1 Å². The summed E-state index contributed by atoms with van der Waals surface area (Å²) in [5, 5.41) is -0.367. The molecule has 1 aromatic rings. The molecular formula is C14H18ClF3N2O2S. The lowest BCUT2D eigenvalue weighted by molar-refractivity contribution is -0.0435. The van der Waals surface area contributed by atoms with Gasteiger partial charge < -0.3 is 4.90 Å². The summed E-state index contributed by atoms with van der Waals surface area (Å²) in [6.45, 7) is 5.75. The Labute approximate surface area is 138 Å². The second kappa shape index (κ2) is 6.86. The van der Waals surface area contributed by atoms with Gasteiger partial charge in [0, 0.05) is 26.2 Å². The molecule has 130 valence electrons. The van der Waals surface area contributed by atoms with Gasteiger partial charge in [-0.1, -0.05) is 24.6 Å². The second-order valence-electron chi connectivity index (χ2n) is 5.37. The summed E-state index contributed by atoms with van der Waals surface area (Å²) < 4.78 is 61.4. The molecule has 2 rings (SSSR count). The predicted octanol–water partition coefficient (Wildman–Crippen LogP) is 3.17. The lowest BCUT2D eigenvalue weighted by Gasteiger charge is -2.36. The van der Waals surface area contributed by atoms with Crippen LogP contribution in [0, 0.1) is 0 Å². The molecular weight excluding hydrogens is 353 g/mol. The van der Waals surface area contributed by atoms with Gasteiger partial charge in [0.05, 0.1) is 15.6 Å². The van der Waals surface area contributed by atoms with Crippen LogP contribution in [0.25, 0.3) is 0 Å². The number of halogens is 4. The lowest BCUT2D eigenvalue weighted by atomic mass is 10.2. The minimum atomic E-state index is -5.46. The Morgan fingerprint density at radius 1 is 1.17 bits per heavy atom. The van der Waals surface area contributed by atoms with Crippen molar-refractivity contribution in [2.24, 2.45) is 0 Å². The molecule has 0 N–H and O–H groups in total. The van der Waals surface area contributed by atoms with Crippen molar-refractivity contribution in [2.45, 2.75) is 23.7 Å². The van der Waals surface area contributed by atoms with Crippen molar-refractivity contribution in [3.63, 3.8) is 0 Å². The minimum absolute atomic E-state index is 0.327. The molecule has 0 amide bonds. The molecule has 0 aromatic heterocycles. The summed E-state index contributed by atoms with van der Waals surface area (Å²) in [6.07, 6.45) is 1.03. The highest BCUT2D eigenvalue weighted by atomic mass is 35.5. The summed E-state index contributed by atoms with van der Waals surface area (Å²) in [5.74, 6) is 0. The molecule has 0 unspecified atom stereocenters. The Hall–Kier alpha value is -0.990. The van der Waals surface area contributed by atoms with Crippen molar-refractivity contribution in [1.82, 2.24) is 4.90 Å². The molecule has 1 aliphatic heterocycles. The van der Waals surface area contributed by atoms with Gasteiger partial charge in [-0.3, -0.25) is 4.90 Å². The predicted molar refractivity (Wildman–Crippen MR) is 83.6 cm³/mol. The van der Waals surface area contributed by atoms with Crippen molar-refractivity contribution >= 4 is 27.1 Å². The first-order valence-electron chi connectivity index (χ1n) is 7.25. The van der Waals surface area contributed by atoms with Crippen molar-refractivity contribution in [2.75, 3.05) is 37.6 Å². The maximum atomic E-state index is 12.7. The third-order valence-electron chi connectivity index (χ3n) is 3.79. The van der Waals surface area contributed by atoms with Crippen molar-refractivity contribution in [1.29, 1.82) is 0 Å². The number of piperazine rings is 1. The zero-order chi connectivity index (χ0) is 17.3. The minimum Gasteiger partial charge on any atom is -0.368 e. The van der Waals surface area contributed by atoms with E-state index in [1.807, 2.05) is 4.90 Å². The number of rotatable bonds is 4. The van der Waals surface area contributed by atoms with Gasteiger partial charge in [-0.2, -0.15) is 13.2 Å². The van der Waals surface area contributed by atoms with E-state index in [0.29, 0.717) is 18.8 Å². The Balaban J connectivity index is 2.28. The molecule has 1 saturated heterocycles. The van der Waals surface area contributed by atoms with Crippen LogP contribution in [0.1, 0.15) is 13.3 Å². The van der Waals surface area contributed by atoms with Crippen LogP contribution in [-0.4, -0.2) is 51.5 Å². The van der Waals surface area contributed by atoms with E-state index in [2.05, 4.69) is 11.8 Å². The van der Waals surface area contributed by atoms with E-state index in [1.165, 1.54) is 6.07 Å². The first-order chi connectivity index (χ1) is 10.7. The van der Waals surface area contributed by atoms with E-state index in [1.54, 1.807) is 6.07 Å². The highest BCUT2D eigenvalue weighted by Crippen LogP contribution is 2.38. The molecule has 0 saturated carbocycles. The molecule has 4 nitrogen and oxygen atoms in total. The van der Waals surface area contributed by atoms with E-state index in [0.717, 1.165) is 32.1 Å². The van der Waals surface area contributed by atoms with Crippen LogP contribution in [-0.2, 0) is 9.84 Å². The lowest BCUT2D eigenvalue weighted by Crippen LogP contribution is -2.46. The normalized spacial score (nSPS) is 17.5. The largest absolute Gasteiger partial charge is 0.501 e. The summed E-state index contributed by atoms with van der Waals surface area (Å²) in [6, 6.07) is 3.73.